The van der Waals surface area contributed by atoms with Gasteiger partial charge in [-0.05, 0) is 17.8 Å². The van der Waals surface area contributed by atoms with E-state index in [2.05, 4.69) is 13.8 Å². The summed E-state index contributed by atoms with van der Waals surface area (Å²) in [6.45, 7) is 8.63. The molecule has 1 aliphatic rings. The molecule has 1 N–H and O–H groups in total. The summed E-state index contributed by atoms with van der Waals surface area (Å²) in [7, 11) is 1.76. The van der Waals surface area contributed by atoms with Crippen LogP contribution in [-0.4, -0.2) is 35.5 Å². The first-order chi connectivity index (χ1) is 7.69. The van der Waals surface area contributed by atoms with Crippen LogP contribution in [0.3, 0.4) is 0 Å². The number of nitrogens with zero attached hydrogens (tertiary/aromatic N) is 1. The monoisotopic (exact) mass is 241 g/mol. The number of aliphatic carboxylic acids is 1. The van der Waals surface area contributed by atoms with E-state index in [0.717, 1.165) is 6.42 Å². The molecule has 0 aromatic carbocycles. The van der Waals surface area contributed by atoms with Gasteiger partial charge in [0.2, 0.25) is 5.91 Å². The fraction of sp³-hybridized carbons (Fsp3) is 0.846. The highest BCUT2D eigenvalue weighted by Crippen LogP contribution is 2.58. The molecule has 1 amide bonds. The van der Waals surface area contributed by atoms with Crippen molar-refractivity contribution in [3.63, 3.8) is 0 Å². The molecule has 0 saturated heterocycles. The van der Waals surface area contributed by atoms with Gasteiger partial charge in [0.1, 0.15) is 0 Å². The van der Waals surface area contributed by atoms with Crippen LogP contribution in [0.1, 0.15) is 34.1 Å². The topological polar surface area (TPSA) is 57.6 Å². The number of carboxylic acids is 1. The molecular weight excluding hydrogens is 218 g/mol. The molecule has 0 aliphatic heterocycles. The highest BCUT2D eigenvalue weighted by Gasteiger charge is 2.66. The van der Waals surface area contributed by atoms with Crippen LogP contribution in [-0.2, 0) is 9.59 Å². The smallest absolute Gasteiger partial charge is 0.307 e. The number of carbonyl (C=O) groups is 2. The van der Waals surface area contributed by atoms with Gasteiger partial charge >= 0.3 is 5.97 Å². The molecule has 0 radical (unpaired) electrons. The van der Waals surface area contributed by atoms with Crippen molar-refractivity contribution in [1.29, 1.82) is 0 Å². The Labute approximate surface area is 103 Å². The van der Waals surface area contributed by atoms with Crippen LogP contribution < -0.4 is 0 Å². The first kappa shape index (κ1) is 14.0. The van der Waals surface area contributed by atoms with Gasteiger partial charge in [-0.15, -0.1) is 0 Å². The molecule has 1 fully saturated rings. The maximum absolute atomic E-state index is 12.1. The average Bonchev–Trinajstić information content (AvgIpc) is 2.76. The minimum absolute atomic E-state index is 0.0250. The van der Waals surface area contributed by atoms with E-state index in [-0.39, 0.29) is 11.8 Å². The second-order valence-electron chi connectivity index (χ2n) is 6.06. The molecular formula is C13H23NO3. The first-order valence-electron chi connectivity index (χ1n) is 6.17. The summed E-state index contributed by atoms with van der Waals surface area (Å²) in [6.07, 6.45) is 0.952. The number of carbonyl (C=O) groups excluding carboxylic acids is 1. The van der Waals surface area contributed by atoms with E-state index >= 15 is 0 Å². The van der Waals surface area contributed by atoms with Gasteiger partial charge < -0.3 is 10.0 Å². The van der Waals surface area contributed by atoms with Gasteiger partial charge in [0.15, 0.2) is 0 Å². The van der Waals surface area contributed by atoms with E-state index in [1.807, 2.05) is 13.8 Å². The fourth-order valence-corrected chi connectivity index (χ4v) is 2.36. The van der Waals surface area contributed by atoms with E-state index in [0.29, 0.717) is 12.5 Å². The lowest BCUT2D eigenvalue weighted by Crippen LogP contribution is -2.31. The normalized spacial score (nSPS) is 25.8. The third kappa shape index (κ3) is 2.79. The molecule has 0 spiro atoms. The minimum Gasteiger partial charge on any atom is -0.481 e. The predicted octanol–water partition coefficient (Wildman–Crippen LogP) is 1.85. The van der Waals surface area contributed by atoms with Crippen LogP contribution >= 0.6 is 0 Å². The fourth-order valence-electron chi connectivity index (χ4n) is 2.36. The van der Waals surface area contributed by atoms with Crippen molar-refractivity contribution in [2.24, 2.45) is 23.2 Å². The largest absolute Gasteiger partial charge is 0.481 e. The van der Waals surface area contributed by atoms with Gasteiger partial charge in [-0.1, -0.05) is 27.7 Å². The summed E-state index contributed by atoms with van der Waals surface area (Å²) in [5.74, 6) is -1.20. The third-order valence-corrected chi connectivity index (χ3v) is 3.78. The van der Waals surface area contributed by atoms with Crippen molar-refractivity contribution in [2.45, 2.75) is 34.1 Å². The molecule has 1 rings (SSSR count). The van der Waals surface area contributed by atoms with Crippen molar-refractivity contribution in [3.8, 4) is 0 Å². The maximum atomic E-state index is 12.1. The van der Waals surface area contributed by atoms with Crippen LogP contribution in [0.5, 0.6) is 0 Å². The van der Waals surface area contributed by atoms with Crippen molar-refractivity contribution in [1.82, 2.24) is 4.90 Å². The van der Waals surface area contributed by atoms with Gasteiger partial charge in [-0.2, -0.15) is 0 Å². The molecule has 2 atom stereocenters. The van der Waals surface area contributed by atoms with Crippen molar-refractivity contribution < 1.29 is 14.7 Å². The Morgan fingerprint density at radius 1 is 1.29 bits per heavy atom. The van der Waals surface area contributed by atoms with Crippen LogP contribution in [0.4, 0.5) is 0 Å². The number of amides is 1. The van der Waals surface area contributed by atoms with Gasteiger partial charge in [-0.25, -0.2) is 0 Å². The molecule has 1 aliphatic carbocycles. The standard InChI is InChI=1S/C13H23NO3/c1-8(2)6-7-14(5)11(15)9-10(12(16)17)13(9,3)4/h8-10H,6-7H2,1-5H3,(H,16,17)/t9-,10+/m1/s1. The summed E-state index contributed by atoms with van der Waals surface area (Å²) in [5, 5.41) is 9.04. The lowest BCUT2D eigenvalue weighted by Gasteiger charge is -2.19. The summed E-state index contributed by atoms with van der Waals surface area (Å²) < 4.78 is 0. The average molecular weight is 241 g/mol. The van der Waals surface area contributed by atoms with E-state index in [9.17, 15) is 9.59 Å². The lowest BCUT2D eigenvalue weighted by molar-refractivity contribution is -0.141. The zero-order valence-corrected chi connectivity index (χ0v) is 11.4. The number of rotatable bonds is 5. The third-order valence-electron chi connectivity index (χ3n) is 3.78. The molecule has 0 heterocycles. The van der Waals surface area contributed by atoms with E-state index in [1.165, 1.54) is 0 Å². The first-order valence-corrected chi connectivity index (χ1v) is 6.17. The SMILES string of the molecule is CC(C)CCN(C)C(=O)[C@H]1[C@@H](C(=O)O)C1(C)C. The number of hydrogen-bond acceptors (Lipinski definition) is 2. The molecule has 0 unspecified atom stereocenters. The second kappa shape index (κ2) is 4.67. The number of carboxylic acid groups (broad SMARTS) is 1. The molecule has 0 aromatic heterocycles. The molecule has 17 heavy (non-hydrogen) atoms. The van der Waals surface area contributed by atoms with Crippen LogP contribution in [0.25, 0.3) is 0 Å². The molecule has 1 saturated carbocycles. The summed E-state index contributed by atoms with van der Waals surface area (Å²) in [6, 6.07) is 0. The zero-order valence-electron chi connectivity index (χ0n) is 11.4. The van der Waals surface area contributed by atoms with E-state index in [4.69, 9.17) is 5.11 Å². The quantitative estimate of drug-likeness (QED) is 0.799. The van der Waals surface area contributed by atoms with Crippen LogP contribution in [0.2, 0.25) is 0 Å². The number of hydrogen-bond donors (Lipinski definition) is 1. The Morgan fingerprint density at radius 3 is 2.18 bits per heavy atom. The maximum Gasteiger partial charge on any atom is 0.307 e. The van der Waals surface area contributed by atoms with Gasteiger partial charge in [0.25, 0.3) is 0 Å². The van der Waals surface area contributed by atoms with Crippen LogP contribution in [0.15, 0.2) is 0 Å². The second-order valence-corrected chi connectivity index (χ2v) is 6.06. The Morgan fingerprint density at radius 2 is 1.82 bits per heavy atom. The summed E-state index contributed by atoms with van der Waals surface area (Å²) >= 11 is 0. The van der Waals surface area contributed by atoms with Gasteiger partial charge in [-0.3, -0.25) is 9.59 Å². The molecule has 0 aromatic rings. The van der Waals surface area contributed by atoms with E-state index in [1.54, 1.807) is 11.9 Å². The van der Waals surface area contributed by atoms with Crippen LogP contribution in [0, 0.1) is 23.2 Å². The van der Waals surface area contributed by atoms with Crippen molar-refractivity contribution in [3.05, 3.63) is 0 Å². The summed E-state index contributed by atoms with van der Waals surface area (Å²) in [4.78, 5) is 24.8. The highest BCUT2D eigenvalue weighted by molar-refractivity contribution is 5.91. The molecule has 0 bridgehead atoms. The van der Waals surface area contributed by atoms with Crippen molar-refractivity contribution >= 4 is 11.9 Å². The Balaban J connectivity index is 2.57. The Bertz CT molecular complexity index is 323. The Hall–Kier alpha value is -1.06. The minimum atomic E-state index is -0.856. The van der Waals surface area contributed by atoms with Gasteiger partial charge in [0, 0.05) is 13.6 Å². The van der Waals surface area contributed by atoms with Gasteiger partial charge in [0.05, 0.1) is 11.8 Å². The van der Waals surface area contributed by atoms with E-state index < -0.39 is 17.3 Å². The zero-order chi connectivity index (χ0) is 13.4. The molecule has 98 valence electrons. The van der Waals surface area contributed by atoms with Crippen molar-refractivity contribution in [2.75, 3.05) is 13.6 Å². The Kier molecular flexibility index (Phi) is 3.84. The summed E-state index contributed by atoms with van der Waals surface area (Å²) in [5.41, 5.74) is -0.394. The lowest BCUT2D eigenvalue weighted by atomic mass is 10.1. The molecule has 4 heteroatoms. The predicted molar refractivity (Wildman–Crippen MR) is 65.5 cm³/mol. The molecule has 4 nitrogen and oxygen atoms in total. The highest BCUT2D eigenvalue weighted by atomic mass is 16.4.